The largest absolute Gasteiger partial charge is 0.394 e. The van der Waals surface area contributed by atoms with Gasteiger partial charge in [-0.05, 0) is 117 Å². The van der Waals surface area contributed by atoms with Gasteiger partial charge in [0.05, 0.1) is 49.1 Å². The van der Waals surface area contributed by atoms with Gasteiger partial charge in [0.25, 0.3) is 0 Å². The summed E-state index contributed by atoms with van der Waals surface area (Å²) in [4.78, 5) is 3.01. The molecule has 4 aliphatic carbocycles. The van der Waals surface area contributed by atoms with Crippen molar-refractivity contribution in [2.75, 3.05) is 19.8 Å². The van der Waals surface area contributed by atoms with Crippen LogP contribution in [0.1, 0.15) is 105 Å². The number of hydrogen-bond acceptors (Lipinski definition) is 14. The van der Waals surface area contributed by atoms with Gasteiger partial charge in [0.15, 0.2) is 6.29 Å². The minimum atomic E-state index is -1.48. The maximum atomic E-state index is 11.0. The Bertz CT molecular complexity index is 1690. The number of rotatable bonds is 11. The van der Waals surface area contributed by atoms with Crippen LogP contribution >= 0.6 is 11.8 Å². The van der Waals surface area contributed by atoms with Crippen molar-refractivity contribution in [2.45, 2.75) is 190 Å². The van der Waals surface area contributed by atoms with E-state index in [4.69, 9.17) is 18.9 Å². The average Bonchev–Trinajstić information content (AvgIpc) is 3.91. The number of hydrogen-bond donors (Lipinski definition) is 6. The topological polar surface area (TPSA) is 192 Å². The summed E-state index contributed by atoms with van der Waals surface area (Å²) in [6.07, 6.45) is 7.12. The van der Waals surface area contributed by atoms with Crippen LogP contribution in [0.2, 0.25) is 0 Å². The fourth-order valence-electron chi connectivity index (χ4n) is 14.3. The summed E-state index contributed by atoms with van der Waals surface area (Å²) in [5.41, 5.74) is 1.95. The van der Waals surface area contributed by atoms with Gasteiger partial charge in [0.2, 0.25) is 0 Å². The number of ether oxygens (including phenoxy) is 4. The van der Waals surface area contributed by atoms with E-state index < -0.39 is 66.3 Å². The van der Waals surface area contributed by atoms with Gasteiger partial charge in [0, 0.05) is 31.8 Å². The highest BCUT2D eigenvalue weighted by Gasteiger charge is 2.66. The van der Waals surface area contributed by atoms with Crippen molar-refractivity contribution < 1.29 is 49.6 Å². The second kappa shape index (κ2) is 17.3. The molecular formula is C45H72N4O10S. The molecule has 0 aromatic carbocycles. The lowest BCUT2D eigenvalue weighted by molar-refractivity contribution is -0.272. The number of aliphatic hydroxyl groups excluding tert-OH is 6. The maximum Gasteiger partial charge on any atom is 0.186 e. The molecule has 0 amide bonds. The Balaban J connectivity index is 0.727. The quantitative estimate of drug-likeness (QED) is 0.140. The fraction of sp³-hybridized carbons (Fsp3) is 0.911. The Kier molecular flexibility index (Phi) is 12.7. The van der Waals surface area contributed by atoms with Crippen molar-refractivity contribution in [3.8, 4) is 0 Å². The van der Waals surface area contributed by atoms with Gasteiger partial charge in [-0.2, -0.15) is 0 Å². The molecule has 1 aromatic heterocycles. The minimum absolute atomic E-state index is 0.0385. The lowest BCUT2D eigenvalue weighted by Crippen LogP contribution is -2.60. The summed E-state index contributed by atoms with van der Waals surface area (Å²) in [6, 6.07) is 1.63. The molecule has 0 radical (unpaired) electrons. The van der Waals surface area contributed by atoms with Crippen molar-refractivity contribution >= 4 is 11.8 Å². The summed E-state index contributed by atoms with van der Waals surface area (Å²) in [6.45, 7) is 14.0. The second-order valence-corrected chi connectivity index (χ2v) is 22.1. The highest BCUT2D eigenvalue weighted by Crippen LogP contribution is 2.70. The normalized spacial score (nSPS) is 50.3. The van der Waals surface area contributed by atoms with Crippen LogP contribution in [-0.4, -0.2) is 148 Å². The first kappa shape index (κ1) is 44.0. The molecule has 0 bridgehead atoms. The number of aryl methyl sites for hydroxylation is 1. The maximum absolute atomic E-state index is 11.0. The number of piperidine rings is 1. The number of allylic oxidation sites excluding steroid dienone is 1. The lowest BCUT2D eigenvalue weighted by atomic mass is 9.47. The Morgan fingerprint density at radius 2 is 1.72 bits per heavy atom. The SMILES string of the molecule is C[C@H]1CCC2[C@@H](C)C3C(CC4C5CC=C6C[C@@H](OCCCn7cc(CO[C@@H]8O[C@H](CO)[C@@H](S[C@@H]9O[C@@H](C)[C@H](O)[C@@H](O)[C@H]9O)[C@H](O)[C@H]8O)nn7)CC[C@]6(C)C5CC[C@@]43C)N2C1. The molecule has 338 valence electrons. The van der Waals surface area contributed by atoms with Gasteiger partial charge < -0.3 is 49.6 Å². The van der Waals surface area contributed by atoms with Crippen molar-refractivity contribution in [2.24, 2.45) is 46.3 Å². The van der Waals surface area contributed by atoms with Gasteiger partial charge in [-0.3, -0.25) is 9.58 Å². The molecule has 6 N–H and O–H groups in total. The second-order valence-electron chi connectivity index (χ2n) is 20.8. The molecule has 7 fully saturated rings. The summed E-state index contributed by atoms with van der Waals surface area (Å²) in [7, 11) is 0. The Morgan fingerprint density at radius 1 is 0.900 bits per heavy atom. The molecule has 60 heavy (non-hydrogen) atoms. The summed E-state index contributed by atoms with van der Waals surface area (Å²) < 4.78 is 25.6. The molecule has 4 saturated heterocycles. The number of aliphatic hydroxyl groups is 6. The van der Waals surface area contributed by atoms with Gasteiger partial charge in [-0.1, -0.05) is 44.6 Å². The van der Waals surface area contributed by atoms with E-state index in [9.17, 15) is 30.6 Å². The van der Waals surface area contributed by atoms with Gasteiger partial charge in [-0.15, -0.1) is 16.9 Å². The van der Waals surface area contributed by atoms with Crippen molar-refractivity contribution in [1.82, 2.24) is 19.9 Å². The van der Waals surface area contributed by atoms with Gasteiger partial charge in [-0.25, -0.2) is 0 Å². The summed E-state index contributed by atoms with van der Waals surface area (Å²) in [5, 5.41) is 70.2. The number of fused-ring (bicyclic) bond motifs is 9. The molecule has 8 aliphatic rings. The number of aromatic nitrogens is 3. The van der Waals surface area contributed by atoms with Crippen molar-refractivity contribution in [3.05, 3.63) is 23.5 Å². The average molecular weight is 861 g/mol. The van der Waals surface area contributed by atoms with Gasteiger partial charge in [0.1, 0.15) is 35.5 Å². The van der Waals surface area contributed by atoms with Crippen LogP contribution in [0.3, 0.4) is 0 Å². The van der Waals surface area contributed by atoms with E-state index in [0.29, 0.717) is 29.7 Å². The molecule has 0 spiro atoms. The van der Waals surface area contributed by atoms with Crippen LogP contribution < -0.4 is 0 Å². The zero-order valence-electron chi connectivity index (χ0n) is 36.2. The molecular weight excluding hydrogens is 789 g/mol. The predicted molar refractivity (Wildman–Crippen MR) is 223 cm³/mol. The highest BCUT2D eigenvalue weighted by molar-refractivity contribution is 8.00. The van der Waals surface area contributed by atoms with E-state index in [1.807, 2.05) is 0 Å². The zero-order chi connectivity index (χ0) is 42.2. The molecule has 6 unspecified atom stereocenters. The van der Waals surface area contributed by atoms with E-state index in [1.54, 1.807) is 23.4 Å². The summed E-state index contributed by atoms with van der Waals surface area (Å²) in [5.74, 6) is 5.02. The van der Waals surface area contributed by atoms with Crippen molar-refractivity contribution in [3.63, 3.8) is 0 Å². The highest BCUT2D eigenvalue weighted by atomic mass is 32.2. The Hall–Kier alpha value is -1.21. The van der Waals surface area contributed by atoms with Crippen LogP contribution in [0.25, 0.3) is 0 Å². The minimum Gasteiger partial charge on any atom is -0.394 e. The van der Waals surface area contributed by atoms with Crippen LogP contribution in [0.4, 0.5) is 0 Å². The molecule has 4 aliphatic heterocycles. The molecule has 5 heterocycles. The Morgan fingerprint density at radius 3 is 2.52 bits per heavy atom. The number of thioether (sulfide) groups is 1. The molecule has 1 aromatic rings. The van der Waals surface area contributed by atoms with Crippen LogP contribution in [0.15, 0.2) is 17.8 Å². The predicted octanol–water partition coefficient (Wildman–Crippen LogP) is 3.25. The van der Waals surface area contributed by atoms with Crippen LogP contribution in [0.5, 0.6) is 0 Å². The van der Waals surface area contributed by atoms with Crippen LogP contribution in [0, 0.1) is 46.3 Å². The third-order valence-electron chi connectivity index (χ3n) is 17.5. The van der Waals surface area contributed by atoms with E-state index in [2.05, 4.69) is 49.0 Å². The lowest BCUT2D eigenvalue weighted by Gasteiger charge is -2.58. The smallest absolute Gasteiger partial charge is 0.186 e. The molecule has 14 nitrogen and oxygen atoms in total. The molecule has 21 atom stereocenters. The third-order valence-corrected chi connectivity index (χ3v) is 19.0. The van der Waals surface area contributed by atoms with E-state index in [0.717, 1.165) is 78.6 Å². The summed E-state index contributed by atoms with van der Waals surface area (Å²) >= 11 is 0.924. The molecule has 15 heteroatoms. The van der Waals surface area contributed by atoms with E-state index in [1.165, 1.54) is 51.5 Å². The first-order valence-electron chi connectivity index (χ1n) is 23.3. The van der Waals surface area contributed by atoms with E-state index >= 15 is 0 Å². The zero-order valence-corrected chi connectivity index (χ0v) is 37.1. The third kappa shape index (κ3) is 7.67. The fourth-order valence-corrected chi connectivity index (χ4v) is 15.8. The standard InChI is InChI=1S/C45H72N4O10S/c1-23-7-10-32-24(2)35-33(49(32)19-23)18-31-29-9-8-26-17-28(11-13-44(26,4)30(29)12-14-45(31,35)5)56-16-6-15-48-20-27(46-47-48)22-57-42-39(54)38(53)41(34(21-50)59-42)60-43-40(55)37(52)36(51)25(3)58-43/h8,20,23-25,28-43,50-55H,6-7,9-19,21-22H2,1-5H3/t23-,24+,25-,28-,29?,30?,31?,32?,33?,34+,35?,36-,37+,38+,39+,40+,41+,42+,43-,44-,45-/m0/s1. The Labute approximate surface area is 359 Å². The van der Waals surface area contributed by atoms with Crippen LogP contribution in [-0.2, 0) is 32.1 Å². The van der Waals surface area contributed by atoms with E-state index in [-0.39, 0.29) is 12.7 Å². The monoisotopic (exact) mass is 860 g/mol. The first-order chi connectivity index (χ1) is 28.7. The van der Waals surface area contributed by atoms with Crippen molar-refractivity contribution in [1.29, 1.82) is 0 Å². The number of nitrogens with zero attached hydrogens (tertiary/aromatic N) is 4. The molecule has 9 rings (SSSR count). The first-order valence-corrected chi connectivity index (χ1v) is 24.2. The molecule has 3 saturated carbocycles. The van der Waals surface area contributed by atoms with Gasteiger partial charge >= 0.3 is 0 Å².